The second-order valence-electron chi connectivity index (χ2n) is 4.69. The first-order valence-corrected chi connectivity index (χ1v) is 6.69. The van der Waals surface area contributed by atoms with Gasteiger partial charge in [0.1, 0.15) is 5.75 Å². The lowest BCUT2D eigenvalue weighted by atomic mass is 10.1. The van der Waals surface area contributed by atoms with Gasteiger partial charge in [-0.25, -0.2) is 0 Å². The summed E-state index contributed by atoms with van der Waals surface area (Å²) in [4.78, 5) is 0. The summed E-state index contributed by atoms with van der Waals surface area (Å²) >= 11 is 5.77. The fourth-order valence-electron chi connectivity index (χ4n) is 2.06. The van der Waals surface area contributed by atoms with E-state index in [2.05, 4.69) is 12.1 Å². The predicted molar refractivity (Wildman–Crippen MR) is 71.3 cm³/mol. The molecule has 0 aliphatic carbocycles. The van der Waals surface area contributed by atoms with Gasteiger partial charge in [-0.1, -0.05) is 12.1 Å². The van der Waals surface area contributed by atoms with E-state index in [-0.39, 0.29) is 6.10 Å². The molecule has 1 aliphatic heterocycles. The molecule has 1 heterocycles. The number of hydrogen-bond donors (Lipinski definition) is 0. The molecule has 3 nitrogen and oxygen atoms in total. The van der Waals surface area contributed by atoms with Gasteiger partial charge >= 0.3 is 0 Å². The number of rotatable bonds is 5. The SMILES string of the molecule is COc1ccc(CC[C@@]2(C)OC[C@H](CCl)O2)cc1. The zero-order valence-corrected chi connectivity index (χ0v) is 11.6. The van der Waals surface area contributed by atoms with Crippen LogP contribution in [0.2, 0.25) is 0 Å². The zero-order valence-electron chi connectivity index (χ0n) is 10.8. The number of hydrogen-bond acceptors (Lipinski definition) is 3. The van der Waals surface area contributed by atoms with Crippen LogP contribution in [-0.2, 0) is 15.9 Å². The number of aryl methyl sites for hydroxylation is 1. The summed E-state index contributed by atoms with van der Waals surface area (Å²) < 4.78 is 16.6. The Morgan fingerprint density at radius 1 is 1.39 bits per heavy atom. The molecule has 0 saturated carbocycles. The van der Waals surface area contributed by atoms with Crippen LogP contribution in [0.1, 0.15) is 18.9 Å². The van der Waals surface area contributed by atoms with Crippen LogP contribution in [0.4, 0.5) is 0 Å². The minimum Gasteiger partial charge on any atom is -0.497 e. The smallest absolute Gasteiger partial charge is 0.166 e. The van der Waals surface area contributed by atoms with Crippen LogP contribution in [0.25, 0.3) is 0 Å². The molecule has 0 bridgehead atoms. The van der Waals surface area contributed by atoms with Crippen LogP contribution in [0.3, 0.4) is 0 Å². The monoisotopic (exact) mass is 270 g/mol. The van der Waals surface area contributed by atoms with Crippen LogP contribution in [0.15, 0.2) is 24.3 Å². The van der Waals surface area contributed by atoms with E-state index in [1.807, 2.05) is 19.1 Å². The molecule has 1 saturated heterocycles. The van der Waals surface area contributed by atoms with Crippen molar-refractivity contribution in [2.45, 2.75) is 31.7 Å². The standard InChI is InChI=1S/C14H19ClO3/c1-14(17-10-13(9-15)18-14)8-7-11-3-5-12(16-2)6-4-11/h3-6,13H,7-10H2,1-2H3/t13-,14-/m0/s1. The molecule has 18 heavy (non-hydrogen) atoms. The van der Waals surface area contributed by atoms with Crippen LogP contribution >= 0.6 is 11.6 Å². The van der Waals surface area contributed by atoms with Crippen molar-refractivity contribution in [2.24, 2.45) is 0 Å². The normalized spacial score (nSPS) is 27.4. The quantitative estimate of drug-likeness (QED) is 0.770. The number of halogens is 1. The molecule has 0 amide bonds. The maximum Gasteiger partial charge on any atom is 0.166 e. The highest BCUT2D eigenvalue weighted by molar-refractivity contribution is 6.18. The second kappa shape index (κ2) is 5.91. The van der Waals surface area contributed by atoms with E-state index in [9.17, 15) is 0 Å². The van der Waals surface area contributed by atoms with E-state index in [0.29, 0.717) is 12.5 Å². The highest BCUT2D eigenvalue weighted by Crippen LogP contribution is 2.28. The maximum absolute atomic E-state index is 5.79. The van der Waals surface area contributed by atoms with Gasteiger partial charge in [0.25, 0.3) is 0 Å². The molecule has 0 aromatic heterocycles. The van der Waals surface area contributed by atoms with Crippen molar-refractivity contribution in [3.05, 3.63) is 29.8 Å². The summed E-state index contributed by atoms with van der Waals surface area (Å²) in [6, 6.07) is 8.07. The van der Waals surface area contributed by atoms with Crippen molar-refractivity contribution in [2.75, 3.05) is 19.6 Å². The molecule has 0 spiro atoms. The summed E-state index contributed by atoms with van der Waals surface area (Å²) in [6.07, 6.45) is 1.76. The predicted octanol–water partition coefficient (Wildman–Crippen LogP) is 3.00. The summed E-state index contributed by atoms with van der Waals surface area (Å²) in [6.45, 7) is 2.56. The molecule has 1 aromatic carbocycles. The third kappa shape index (κ3) is 3.37. The van der Waals surface area contributed by atoms with Gasteiger partial charge in [0.2, 0.25) is 0 Å². The van der Waals surface area contributed by atoms with Crippen LogP contribution in [0.5, 0.6) is 5.75 Å². The van der Waals surface area contributed by atoms with Gasteiger partial charge in [0.15, 0.2) is 5.79 Å². The van der Waals surface area contributed by atoms with E-state index in [1.165, 1.54) is 5.56 Å². The lowest BCUT2D eigenvalue weighted by Crippen LogP contribution is -2.27. The van der Waals surface area contributed by atoms with Crippen LogP contribution in [-0.4, -0.2) is 31.5 Å². The molecule has 2 atom stereocenters. The first-order chi connectivity index (χ1) is 8.65. The highest BCUT2D eigenvalue weighted by atomic mass is 35.5. The third-order valence-electron chi connectivity index (χ3n) is 3.19. The molecular formula is C14H19ClO3. The summed E-state index contributed by atoms with van der Waals surface area (Å²) in [5, 5.41) is 0. The number of alkyl halides is 1. The Bertz CT molecular complexity index is 379. The molecule has 1 fully saturated rings. The number of ether oxygens (including phenoxy) is 3. The Labute approximate surface area is 113 Å². The lowest BCUT2D eigenvalue weighted by molar-refractivity contribution is -0.155. The summed E-state index contributed by atoms with van der Waals surface area (Å²) in [5.41, 5.74) is 1.25. The Morgan fingerprint density at radius 3 is 2.67 bits per heavy atom. The Hall–Kier alpha value is -0.770. The third-order valence-corrected chi connectivity index (χ3v) is 3.53. The number of methoxy groups -OCH3 is 1. The molecule has 4 heteroatoms. The van der Waals surface area contributed by atoms with E-state index in [0.717, 1.165) is 18.6 Å². The van der Waals surface area contributed by atoms with Crippen LogP contribution in [0, 0.1) is 0 Å². The van der Waals surface area contributed by atoms with E-state index in [1.54, 1.807) is 7.11 Å². The minimum atomic E-state index is -0.501. The average molecular weight is 271 g/mol. The zero-order chi connectivity index (χ0) is 13.0. The summed E-state index contributed by atoms with van der Waals surface area (Å²) in [7, 11) is 1.67. The highest BCUT2D eigenvalue weighted by Gasteiger charge is 2.36. The molecular weight excluding hydrogens is 252 g/mol. The fourth-order valence-corrected chi connectivity index (χ4v) is 2.21. The van der Waals surface area contributed by atoms with Crippen LogP contribution < -0.4 is 4.74 Å². The van der Waals surface area contributed by atoms with Gasteiger partial charge in [-0.15, -0.1) is 11.6 Å². The second-order valence-corrected chi connectivity index (χ2v) is 5.00. The van der Waals surface area contributed by atoms with Crippen molar-refractivity contribution in [3.8, 4) is 5.75 Å². The minimum absolute atomic E-state index is 0.0209. The Morgan fingerprint density at radius 2 is 2.11 bits per heavy atom. The molecule has 1 aromatic rings. The van der Waals surface area contributed by atoms with Gasteiger partial charge in [0, 0.05) is 6.42 Å². The molecule has 0 unspecified atom stereocenters. The van der Waals surface area contributed by atoms with Gasteiger partial charge in [0.05, 0.1) is 25.7 Å². The molecule has 0 N–H and O–H groups in total. The first-order valence-electron chi connectivity index (χ1n) is 6.16. The lowest BCUT2D eigenvalue weighted by Gasteiger charge is -2.23. The van der Waals surface area contributed by atoms with Crippen molar-refractivity contribution in [1.29, 1.82) is 0 Å². The van der Waals surface area contributed by atoms with Crippen molar-refractivity contribution >= 4 is 11.6 Å². The van der Waals surface area contributed by atoms with Crippen molar-refractivity contribution < 1.29 is 14.2 Å². The Kier molecular flexibility index (Phi) is 4.49. The molecule has 0 radical (unpaired) electrons. The van der Waals surface area contributed by atoms with Crippen molar-refractivity contribution in [3.63, 3.8) is 0 Å². The first kappa shape index (κ1) is 13.7. The van der Waals surface area contributed by atoms with Gasteiger partial charge in [-0.2, -0.15) is 0 Å². The van der Waals surface area contributed by atoms with E-state index >= 15 is 0 Å². The Balaban J connectivity index is 1.87. The number of benzene rings is 1. The van der Waals surface area contributed by atoms with Crippen molar-refractivity contribution in [1.82, 2.24) is 0 Å². The van der Waals surface area contributed by atoms with Gasteiger partial charge in [-0.05, 0) is 31.0 Å². The fraction of sp³-hybridized carbons (Fsp3) is 0.571. The van der Waals surface area contributed by atoms with E-state index in [4.69, 9.17) is 25.8 Å². The average Bonchev–Trinajstić information content (AvgIpc) is 2.79. The maximum atomic E-state index is 5.79. The topological polar surface area (TPSA) is 27.7 Å². The van der Waals surface area contributed by atoms with Gasteiger partial charge < -0.3 is 14.2 Å². The largest absolute Gasteiger partial charge is 0.497 e. The van der Waals surface area contributed by atoms with Gasteiger partial charge in [-0.3, -0.25) is 0 Å². The van der Waals surface area contributed by atoms with E-state index < -0.39 is 5.79 Å². The molecule has 100 valence electrons. The summed E-state index contributed by atoms with van der Waals surface area (Å²) in [5.74, 6) is 0.859. The molecule has 2 rings (SSSR count). The molecule has 1 aliphatic rings.